The molecule has 1 atom stereocenters. The number of hydrogen-bond donors (Lipinski definition) is 0. The fraction of sp³-hybridized carbons (Fsp3) is 0.231. The third-order valence-corrected chi connectivity index (χ3v) is 4.89. The van der Waals surface area contributed by atoms with Gasteiger partial charge in [-0.25, -0.2) is 0 Å². The molecule has 1 nitrogen and oxygen atoms in total. The third-order valence-electron chi connectivity index (χ3n) is 2.37. The van der Waals surface area contributed by atoms with Gasteiger partial charge in [-0.1, -0.05) is 18.2 Å². The van der Waals surface area contributed by atoms with Crippen LogP contribution in [0.3, 0.4) is 0 Å². The molecule has 1 unspecified atom stereocenters. The molecule has 2 rings (SSSR count). The lowest BCUT2D eigenvalue weighted by Gasteiger charge is -2.14. The van der Waals surface area contributed by atoms with Gasteiger partial charge in [-0.15, -0.1) is 22.9 Å². The van der Waals surface area contributed by atoms with Crippen LogP contribution in [0.25, 0.3) is 0 Å². The fourth-order valence-electron chi connectivity index (χ4n) is 1.60. The standard InChI is InChI=1S/C13H12BrClOS/c1-2-16-11-6-4-3-5-9(11)12(15)13-10(14)7-8-17-13/h3-8,12H,2H2,1H3. The number of ether oxygens (including phenoxy) is 1. The molecule has 2 aromatic rings. The van der Waals surface area contributed by atoms with E-state index in [9.17, 15) is 0 Å². The van der Waals surface area contributed by atoms with E-state index in [0.717, 1.165) is 20.7 Å². The van der Waals surface area contributed by atoms with E-state index in [1.165, 1.54) is 0 Å². The highest BCUT2D eigenvalue weighted by molar-refractivity contribution is 9.10. The van der Waals surface area contributed by atoms with E-state index in [1.807, 2.05) is 42.6 Å². The van der Waals surface area contributed by atoms with Gasteiger partial charge >= 0.3 is 0 Å². The summed E-state index contributed by atoms with van der Waals surface area (Å²) in [5.41, 5.74) is 1.01. The van der Waals surface area contributed by atoms with Gasteiger partial charge < -0.3 is 4.74 Å². The topological polar surface area (TPSA) is 9.23 Å². The first-order valence-corrected chi connectivity index (χ1v) is 7.43. The average Bonchev–Trinajstić information content (AvgIpc) is 2.76. The maximum absolute atomic E-state index is 6.52. The monoisotopic (exact) mass is 330 g/mol. The molecular weight excluding hydrogens is 320 g/mol. The van der Waals surface area contributed by atoms with Crippen LogP contribution >= 0.6 is 38.9 Å². The van der Waals surface area contributed by atoms with Crippen molar-refractivity contribution in [3.05, 3.63) is 50.6 Å². The molecule has 0 aliphatic heterocycles. The summed E-state index contributed by atoms with van der Waals surface area (Å²) in [6.07, 6.45) is 0. The van der Waals surface area contributed by atoms with Gasteiger partial charge in [0.15, 0.2) is 0 Å². The van der Waals surface area contributed by atoms with Crippen LogP contribution in [0.2, 0.25) is 0 Å². The van der Waals surface area contributed by atoms with Crippen molar-refractivity contribution in [1.82, 2.24) is 0 Å². The molecule has 0 N–H and O–H groups in total. The predicted molar refractivity (Wildman–Crippen MR) is 77.3 cm³/mol. The highest BCUT2D eigenvalue weighted by atomic mass is 79.9. The molecule has 0 radical (unpaired) electrons. The van der Waals surface area contributed by atoms with Crippen LogP contribution in [0.1, 0.15) is 22.7 Å². The first-order chi connectivity index (χ1) is 8.24. The lowest BCUT2D eigenvalue weighted by Crippen LogP contribution is -1.99. The summed E-state index contributed by atoms with van der Waals surface area (Å²) >= 11 is 11.7. The lowest BCUT2D eigenvalue weighted by molar-refractivity contribution is 0.337. The molecule has 0 aliphatic rings. The molecule has 0 spiro atoms. The molecule has 4 heteroatoms. The van der Waals surface area contributed by atoms with Crippen LogP contribution in [0.5, 0.6) is 5.75 Å². The molecule has 0 aliphatic carbocycles. The summed E-state index contributed by atoms with van der Waals surface area (Å²) in [5, 5.41) is 1.85. The smallest absolute Gasteiger partial charge is 0.124 e. The summed E-state index contributed by atoms with van der Waals surface area (Å²) in [6, 6.07) is 9.92. The normalized spacial score (nSPS) is 12.4. The van der Waals surface area contributed by atoms with Crippen LogP contribution in [0.4, 0.5) is 0 Å². The zero-order valence-corrected chi connectivity index (χ0v) is 12.5. The van der Waals surface area contributed by atoms with Crippen molar-refractivity contribution >= 4 is 38.9 Å². The van der Waals surface area contributed by atoms with Gasteiger partial charge in [0, 0.05) is 14.9 Å². The van der Waals surface area contributed by atoms with E-state index in [2.05, 4.69) is 15.9 Å². The number of thiophene rings is 1. The van der Waals surface area contributed by atoms with E-state index >= 15 is 0 Å². The largest absolute Gasteiger partial charge is 0.494 e. The van der Waals surface area contributed by atoms with Gasteiger partial charge in [0.2, 0.25) is 0 Å². The molecule has 1 aromatic heterocycles. The maximum atomic E-state index is 6.52. The van der Waals surface area contributed by atoms with Crippen molar-refractivity contribution in [2.75, 3.05) is 6.61 Å². The van der Waals surface area contributed by atoms with Crippen LogP contribution < -0.4 is 4.74 Å². The van der Waals surface area contributed by atoms with E-state index in [-0.39, 0.29) is 5.38 Å². The Balaban J connectivity index is 2.37. The molecule has 0 fully saturated rings. The van der Waals surface area contributed by atoms with Gasteiger partial charge in [-0.3, -0.25) is 0 Å². The predicted octanol–water partition coefficient (Wildman–Crippen LogP) is 5.24. The zero-order chi connectivity index (χ0) is 12.3. The minimum atomic E-state index is -0.174. The van der Waals surface area contributed by atoms with Crippen molar-refractivity contribution in [2.24, 2.45) is 0 Å². The fourth-order valence-corrected chi connectivity index (χ4v) is 3.78. The average molecular weight is 332 g/mol. The van der Waals surface area contributed by atoms with Crippen LogP contribution in [0.15, 0.2) is 40.2 Å². The number of para-hydroxylation sites is 1. The zero-order valence-electron chi connectivity index (χ0n) is 9.32. The number of benzene rings is 1. The Morgan fingerprint density at radius 2 is 2.12 bits per heavy atom. The summed E-state index contributed by atoms with van der Waals surface area (Å²) in [4.78, 5) is 1.11. The Bertz CT molecular complexity index is 498. The molecule has 0 saturated carbocycles. The van der Waals surface area contributed by atoms with Gasteiger partial charge in [0.25, 0.3) is 0 Å². The maximum Gasteiger partial charge on any atom is 0.124 e. The van der Waals surface area contributed by atoms with Crippen LogP contribution in [0, 0.1) is 0 Å². The molecule has 90 valence electrons. The Hall–Kier alpha value is -0.510. The second-order valence-electron chi connectivity index (χ2n) is 3.47. The SMILES string of the molecule is CCOc1ccccc1C(Cl)c1sccc1Br. The van der Waals surface area contributed by atoms with Crippen LogP contribution in [-0.4, -0.2) is 6.61 Å². The molecule has 17 heavy (non-hydrogen) atoms. The molecule has 1 aromatic carbocycles. The summed E-state index contributed by atoms with van der Waals surface area (Å²) < 4.78 is 6.65. The first kappa shape index (κ1) is 12.9. The van der Waals surface area contributed by atoms with Crippen molar-refractivity contribution in [1.29, 1.82) is 0 Å². The Labute approximate surface area is 119 Å². The first-order valence-electron chi connectivity index (χ1n) is 5.32. The number of halogens is 2. The molecule has 0 saturated heterocycles. The van der Waals surface area contributed by atoms with Crippen molar-refractivity contribution in [3.8, 4) is 5.75 Å². The molecule has 0 bridgehead atoms. The summed E-state index contributed by atoms with van der Waals surface area (Å²) in [6.45, 7) is 2.62. The molecule has 1 heterocycles. The highest BCUT2D eigenvalue weighted by Gasteiger charge is 2.18. The lowest BCUT2D eigenvalue weighted by atomic mass is 10.1. The second kappa shape index (κ2) is 5.89. The molecular formula is C13H12BrClOS. The number of rotatable bonds is 4. The Morgan fingerprint density at radius 3 is 2.76 bits per heavy atom. The quantitative estimate of drug-likeness (QED) is 0.696. The van der Waals surface area contributed by atoms with E-state index < -0.39 is 0 Å². The van der Waals surface area contributed by atoms with Gasteiger partial charge in [0.05, 0.1) is 12.0 Å². The second-order valence-corrected chi connectivity index (χ2v) is 5.70. The van der Waals surface area contributed by atoms with Crippen molar-refractivity contribution in [3.63, 3.8) is 0 Å². The molecule has 0 amide bonds. The number of alkyl halides is 1. The Kier molecular flexibility index (Phi) is 4.48. The van der Waals surface area contributed by atoms with Gasteiger partial charge in [0.1, 0.15) is 5.75 Å². The minimum Gasteiger partial charge on any atom is -0.494 e. The summed E-state index contributed by atoms with van der Waals surface area (Å²) in [5.74, 6) is 0.857. The van der Waals surface area contributed by atoms with Crippen molar-refractivity contribution < 1.29 is 4.74 Å². The Morgan fingerprint density at radius 1 is 1.35 bits per heavy atom. The third kappa shape index (κ3) is 2.84. The van der Waals surface area contributed by atoms with Crippen molar-refractivity contribution in [2.45, 2.75) is 12.3 Å². The van der Waals surface area contributed by atoms with Crippen LogP contribution in [-0.2, 0) is 0 Å². The van der Waals surface area contributed by atoms with Gasteiger partial charge in [-0.05, 0) is 40.4 Å². The minimum absolute atomic E-state index is 0.174. The van der Waals surface area contributed by atoms with Gasteiger partial charge in [-0.2, -0.15) is 0 Å². The number of hydrogen-bond acceptors (Lipinski definition) is 2. The van der Waals surface area contributed by atoms with E-state index in [4.69, 9.17) is 16.3 Å². The highest BCUT2D eigenvalue weighted by Crippen LogP contribution is 2.40. The van der Waals surface area contributed by atoms with E-state index in [0.29, 0.717) is 6.61 Å². The van der Waals surface area contributed by atoms with E-state index in [1.54, 1.807) is 11.3 Å². The summed E-state index contributed by atoms with van der Waals surface area (Å²) in [7, 11) is 0.